The highest BCUT2D eigenvalue weighted by Gasteiger charge is 2.11. The van der Waals surface area contributed by atoms with Crippen LogP contribution in [0.3, 0.4) is 0 Å². The van der Waals surface area contributed by atoms with Crippen molar-refractivity contribution in [1.29, 1.82) is 0 Å². The Balaban J connectivity index is 2.84. The summed E-state index contributed by atoms with van der Waals surface area (Å²) in [6.07, 6.45) is 0.610. The molecule has 1 aromatic heterocycles. The number of aliphatic carboxylic acids is 1. The molecule has 1 aromatic rings. The van der Waals surface area contributed by atoms with Crippen molar-refractivity contribution in [2.75, 3.05) is 0 Å². The Morgan fingerprint density at radius 2 is 2.33 bits per heavy atom. The molecule has 1 rings (SSSR count). The van der Waals surface area contributed by atoms with Crippen LogP contribution in [-0.2, 0) is 17.6 Å². The van der Waals surface area contributed by atoms with E-state index in [-0.39, 0.29) is 6.42 Å². The van der Waals surface area contributed by atoms with Gasteiger partial charge in [0.2, 0.25) is 0 Å². The zero-order valence-electron chi connectivity index (χ0n) is 7.13. The summed E-state index contributed by atoms with van der Waals surface area (Å²) in [6, 6.07) is 0. The molecular weight excluding hydrogens is 158 g/mol. The summed E-state index contributed by atoms with van der Waals surface area (Å²) in [5.74, 6) is 0.167. The van der Waals surface area contributed by atoms with Crippen LogP contribution in [0.5, 0.6) is 0 Å². The highest BCUT2D eigenvalue weighted by Crippen LogP contribution is 2.10. The van der Waals surface area contributed by atoms with Crippen LogP contribution in [0, 0.1) is 6.92 Å². The molecule has 0 aliphatic rings. The average molecular weight is 169 g/mol. The minimum Gasteiger partial charge on any atom is -0.481 e. The summed E-state index contributed by atoms with van der Waals surface area (Å²) in [6.45, 7) is 3.66. The highest BCUT2D eigenvalue weighted by molar-refractivity contribution is 5.69. The van der Waals surface area contributed by atoms with Gasteiger partial charge < -0.3 is 9.52 Å². The van der Waals surface area contributed by atoms with Crippen molar-refractivity contribution in [3.63, 3.8) is 0 Å². The SMILES string of the molecule is CCc1nc(C)c(CC(=O)O)o1. The zero-order chi connectivity index (χ0) is 9.14. The molecule has 1 heterocycles. The largest absolute Gasteiger partial charge is 0.481 e. The van der Waals surface area contributed by atoms with Crippen LogP contribution in [0.4, 0.5) is 0 Å². The third-order valence-electron chi connectivity index (χ3n) is 1.55. The Morgan fingerprint density at radius 1 is 1.67 bits per heavy atom. The van der Waals surface area contributed by atoms with Crippen molar-refractivity contribution in [3.05, 3.63) is 17.3 Å². The standard InChI is InChI=1S/C8H11NO3/c1-3-7-9-5(2)6(12-7)4-8(10)11/h3-4H2,1-2H3,(H,10,11). The topological polar surface area (TPSA) is 63.3 Å². The molecule has 4 nitrogen and oxygen atoms in total. The van der Waals surface area contributed by atoms with E-state index in [0.717, 1.165) is 0 Å². The number of carboxylic acid groups (broad SMARTS) is 1. The van der Waals surface area contributed by atoms with Gasteiger partial charge in [0.1, 0.15) is 12.2 Å². The third kappa shape index (κ3) is 1.84. The molecule has 0 aromatic carbocycles. The second-order valence-electron chi connectivity index (χ2n) is 2.54. The predicted molar refractivity (Wildman–Crippen MR) is 42.0 cm³/mol. The van der Waals surface area contributed by atoms with Crippen molar-refractivity contribution < 1.29 is 14.3 Å². The number of carbonyl (C=O) groups is 1. The van der Waals surface area contributed by atoms with E-state index in [2.05, 4.69) is 4.98 Å². The summed E-state index contributed by atoms with van der Waals surface area (Å²) < 4.78 is 5.18. The Bertz CT molecular complexity index is 290. The fourth-order valence-corrected chi connectivity index (χ4v) is 0.941. The molecule has 0 saturated heterocycles. The summed E-state index contributed by atoms with van der Waals surface area (Å²) in [5, 5.41) is 8.49. The Hall–Kier alpha value is -1.32. The molecule has 12 heavy (non-hydrogen) atoms. The van der Waals surface area contributed by atoms with Gasteiger partial charge in [-0.05, 0) is 6.92 Å². The Morgan fingerprint density at radius 3 is 2.75 bits per heavy atom. The number of hydrogen-bond donors (Lipinski definition) is 1. The molecule has 0 aliphatic heterocycles. The molecule has 0 unspecified atom stereocenters. The van der Waals surface area contributed by atoms with Crippen LogP contribution in [0.25, 0.3) is 0 Å². The maximum atomic E-state index is 10.3. The monoisotopic (exact) mass is 169 g/mol. The zero-order valence-corrected chi connectivity index (χ0v) is 7.13. The van der Waals surface area contributed by atoms with Crippen LogP contribution in [0.1, 0.15) is 24.3 Å². The van der Waals surface area contributed by atoms with Crippen LogP contribution in [0.2, 0.25) is 0 Å². The molecule has 0 amide bonds. The van der Waals surface area contributed by atoms with Gasteiger partial charge in [-0.1, -0.05) is 6.92 Å². The lowest BCUT2D eigenvalue weighted by Gasteiger charge is -1.89. The fraction of sp³-hybridized carbons (Fsp3) is 0.500. The quantitative estimate of drug-likeness (QED) is 0.737. The summed E-state index contributed by atoms with van der Waals surface area (Å²) in [7, 11) is 0. The lowest BCUT2D eigenvalue weighted by Crippen LogP contribution is -1.99. The normalized spacial score (nSPS) is 10.2. The molecule has 66 valence electrons. The van der Waals surface area contributed by atoms with Gasteiger partial charge in [-0.3, -0.25) is 4.79 Å². The van der Waals surface area contributed by atoms with E-state index in [1.165, 1.54) is 0 Å². The lowest BCUT2D eigenvalue weighted by molar-refractivity contribution is -0.136. The van der Waals surface area contributed by atoms with Crippen LogP contribution in [0.15, 0.2) is 4.42 Å². The van der Waals surface area contributed by atoms with Crippen LogP contribution >= 0.6 is 0 Å². The van der Waals surface area contributed by atoms with E-state index in [1.807, 2.05) is 6.92 Å². The molecule has 0 aliphatic carbocycles. The number of oxazole rings is 1. The van der Waals surface area contributed by atoms with E-state index in [0.29, 0.717) is 23.8 Å². The number of aryl methyl sites for hydroxylation is 2. The van der Waals surface area contributed by atoms with E-state index >= 15 is 0 Å². The summed E-state index contributed by atoms with van der Waals surface area (Å²) in [4.78, 5) is 14.4. The van der Waals surface area contributed by atoms with E-state index < -0.39 is 5.97 Å². The molecule has 0 radical (unpaired) electrons. The Labute approximate surface area is 70.2 Å². The predicted octanol–water partition coefficient (Wildman–Crippen LogP) is 1.17. The summed E-state index contributed by atoms with van der Waals surface area (Å²) >= 11 is 0. The van der Waals surface area contributed by atoms with Crippen molar-refractivity contribution >= 4 is 5.97 Å². The lowest BCUT2D eigenvalue weighted by atomic mass is 10.3. The molecule has 0 fully saturated rings. The van der Waals surface area contributed by atoms with E-state index in [4.69, 9.17) is 9.52 Å². The van der Waals surface area contributed by atoms with E-state index in [9.17, 15) is 4.79 Å². The second-order valence-corrected chi connectivity index (χ2v) is 2.54. The summed E-state index contributed by atoms with van der Waals surface area (Å²) in [5.41, 5.74) is 0.675. The highest BCUT2D eigenvalue weighted by atomic mass is 16.4. The first kappa shape index (κ1) is 8.77. The number of aromatic nitrogens is 1. The van der Waals surface area contributed by atoms with Gasteiger partial charge in [0.25, 0.3) is 0 Å². The number of nitrogens with zero attached hydrogens (tertiary/aromatic N) is 1. The minimum atomic E-state index is -0.892. The fourth-order valence-electron chi connectivity index (χ4n) is 0.941. The number of rotatable bonds is 3. The first-order valence-electron chi connectivity index (χ1n) is 3.80. The molecule has 0 bridgehead atoms. The van der Waals surface area contributed by atoms with Crippen molar-refractivity contribution in [2.45, 2.75) is 26.7 Å². The van der Waals surface area contributed by atoms with Crippen LogP contribution in [-0.4, -0.2) is 16.1 Å². The van der Waals surface area contributed by atoms with Gasteiger partial charge >= 0.3 is 5.97 Å². The minimum absolute atomic E-state index is 0.0845. The number of carboxylic acids is 1. The van der Waals surface area contributed by atoms with Crippen LogP contribution < -0.4 is 0 Å². The Kier molecular flexibility index (Phi) is 2.47. The molecule has 0 saturated carbocycles. The first-order chi connectivity index (χ1) is 5.63. The molecule has 0 spiro atoms. The van der Waals surface area contributed by atoms with Gasteiger partial charge in [0, 0.05) is 6.42 Å². The van der Waals surface area contributed by atoms with Crippen molar-refractivity contribution in [3.8, 4) is 0 Å². The van der Waals surface area contributed by atoms with Gasteiger partial charge in [0.15, 0.2) is 5.89 Å². The second kappa shape index (κ2) is 3.38. The van der Waals surface area contributed by atoms with Crippen molar-refractivity contribution in [2.24, 2.45) is 0 Å². The maximum Gasteiger partial charge on any atom is 0.311 e. The number of hydrogen-bond acceptors (Lipinski definition) is 3. The van der Waals surface area contributed by atoms with Crippen molar-refractivity contribution in [1.82, 2.24) is 4.98 Å². The smallest absolute Gasteiger partial charge is 0.311 e. The third-order valence-corrected chi connectivity index (χ3v) is 1.55. The molecular formula is C8H11NO3. The van der Waals surface area contributed by atoms with Gasteiger partial charge in [0.05, 0.1) is 5.69 Å². The molecule has 1 N–H and O–H groups in total. The van der Waals surface area contributed by atoms with E-state index in [1.54, 1.807) is 6.92 Å². The molecule has 4 heteroatoms. The first-order valence-corrected chi connectivity index (χ1v) is 3.80. The maximum absolute atomic E-state index is 10.3. The van der Waals surface area contributed by atoms with Gasteiger partial charge in [-0.15, -0.1) is 0 Å². The van der Waals surface area contributed by atoms with Gasteiger partial charge in [-0.25, -0.2) is 4.98 Å². The average Bonchev–Trinajstić information content (AvgIpc) is 2.31. The van der Waals surface area contributed by atoms with Gasteiger partial charge in [-0.2, -0.15) is 0 Å². The molecule has 0 atom stereocenters.